The Morgan fingerprint density at radius 3 is 2.86 bits per heavy atom. The lowest BCUT2D eigenvalue weighted by Crippen LogP contribution is -2.17. The molecule has 74 valence electrons. The van der Waals surface area contributed by atoms with Crippen LogP contribution in [0.5, 0.6) is 5.75 Å². The standard InChI is InChI=1S/C10H10BrNO2/c11-10-6-9(14-12-10)7-13-8-4-2-1-3-5-8/h1-5,9H,6-7H2/t9-/m1/s1. The van der Waals surface area contributed by atoms with Gasteiger partial charge in [0.2, 0.25) is 0 Å². The molecule has 0 N–H and O–H groups in total. The van der Waals surface area contributed by atoms with Crippen molar-refractivity contribution in [2.24, 2.45) is 5.16 Å². The largest absolute Gasteiger partial charge is 0.490 e. The van der Waals surface area contributed by atoms with Crippen LogP contribution >= 0.6 is 15.9 Å². The van der Waals surface area contributed by atoms with E-state index in [1.54, 1.807) is 0 Å². The molecule has 0 aromatic heterocycles. The molecule has 0 aliphatic carbocycles. The molecule has 1 aliphatic heterocycles. The number of rotatable bonds is 3. The predicted octanol–water partition coefficient (Wildman–Crippen LogP) is 2.56. The van der Waals surface area contributed by atoms with E-state index < -0.39 is 0 Å². The minimum Gasteiger partial charge on any atom is -0.490 e. The van der Waals surface area contributed by atoms with E-state index in [1.807, 2.05) is 30.3 Å². The van der Waals surface area contributed by atoms with Crippen LogP contribution in [0.3, 0.4) is 0 Å². The highest BCUT2D eigenvalue weighted by atomic mass is 79.9. The SMILES string of the molecule is BrC1=NO[C@@H](COc2ccccc2)C1. The maximum Gasteiger partial charge on any atom is 0.167 e. The number of benzene rings is 1. The van der Waals surface area contributed by atoms with Gasteiger partial charge in [0.1, 0.15) is 17.0 Å². The fraction of sp³-hybridized carbons (Fsp3) is 0.300. The van der Waals surface area contributed by atoms with Gasteiger partial charge in [-0.3, -0.25) is 0 Å². The van der Waals surface area contributed by atoms with E-state index in [9.17, 15) is 0 Å². The summed E-state index contributed by atoms with van der Waals surface area (Å²) in [5.41, 5.74) is 0. The minimum atomic E-state index is 0.0320. The molecule has 0 saturated carbocycles. The fourth-order valence-corrected chi connectivity index (χ4v) is 1.63. The Hall–Kier alpha value is -1.03. The molecule has 0 amide bonds. The molecule has 1 aliphatic rings. The number of para-hydroxylation sites is 1. The summed E-state index contributed by atoms with van der Waals surface area (Å²) in [6, 6.07) is 9.68. The topological polar surface area (TPSA) is 30.8 Å². The third-order valence-corrected chi connectivity index (χ3v) is 2.34. The normalized spacial score (nSPS) is 20.1. The molecule has 1 atom stereocenters. The number of hydrogen-bond acceptors (Lipinski definition) is 3. The van der Waals surface area contributed by atoms with Crippen LogP contribution in [-0.4, -0.2) is 17.3 Å². The second-order valence-corrected chi connectivity index (χ2v) is 3.94. The highest BCUT2D eigenvalue weighted by Gasteiger charge is 2.19. The maximum atomic E-state index is 5.52. The summed E-state index contributed by atoms with van der Waals surface area (Å²) in [7, 11) is 0. The van der Waals surface area contributed by atoms with Crippen molar-refractivity contribution in [1.82, 2.24) is 0 Å². The first-order valence-electron chi connectivity index (χ1n) is 4.40. The maximum absolute atomic E-state index is 5.52. The van der Waals surface area contributed by atoms with E-state index in [0.717, 1.165) is 16.8 Å². The Kier molecular flexibility index (Phi) is 3.03. The first-order valence-corrected chi connectivity index (χ1v) is 5.20. The van der Waals surface area contributed by atoms with Gasteiger partial charge in [0.05, 0.1) is 0 Å². The zero-order valence-corrected chi connectivity index (χ0v) is 9.11. The highest BCUT2D eigenvalue weighted by molar-refractivity contribution is 9.18. The fourth-order valence-electron chi connectivity index (χ4n) is 1.19. The van der Waals surface area contributed by atoms with Crippen LogP contribution in [0.25, 0.3) is 0 Å². The summed E-state index contributed by atoms with van der Waals surface area (Å²) in [6.45, 7) is 0.530. The smallest absolute Gasteiger partial charge is 0.167 e. The van der Waals surface area contributed by atoms with E-state index in [1.165, 1.54) is 0 Å². The molecule has 0 spiro atoms. The van der Waals surface area contributed by atoms with Gasteiger partial charge in [0.15, 0.2) is 6.10 Å². The Labute approximate surface area is 90.8 Å². The van der Waals surface area contributed by atoms with Crippen LogP contribution < -0.4 is 4.74 Å². The molecule has 2 rings (SSSR count). The molecule has 1 heterocycles. The summed E-state index contributed by atoms with van der Waals surface area (Å²) in [6.07, 6.45) is 0.817. The summed E-state index contributed by atoms with van der Waals surface area (Å²) in [5, 5.41) is 3.78. The summed E-state index contributed by atoms with van der Waals surface area (Å²) in [5.74, 6) is 0.860. The van der Waals surface area contributed by atoms with Gasteiger partial charge in [0, 0.05) is 6.42 Å². The summed E-state index contributed by atoms with van der Waals surface area (Å²) >= 11 is 3.27. The van der Waals surface area contributed by atoms with Crippen LogP contribution in [0.15, 0.2) is 35.5 Å². The van der Waals surface area contributed by atoms with Gasteiger partial charge in [-0.2, -0.15) is 0 Å². The second kappa shape index (κ2) is 4.46. The first kappa shape index (κ1) is 9.52. The van der Waals surface area contributed by atoms with Crippen molar-refractivity contribution in [1.29, 1.82) is 0 Å². The Balaban J connectivity index is 1.79. The monoisotopic (exact) mass is 255 g/mol. The van der Waals surface area contributed by atoms with Crippen molar-refractivity contribution in [2.45, 2.75) is 12.5 Å². The number of hydrogen-bond donors (Lipinski definition) is 0. The molecule has 0 saturated heterocycles. The van der Waals surface area contributed by atoms with Crippen molar-refractivity contribution >= 4 is 20.6 Å². The van der Waals surface area contributed by atoms with E-state index in [2.05, 4.69) is 21.1 Å². The quantitative estimate of drug-likeness (QED) is 0.832. The van der Waals surface area contributed by atoms with Crippen LogP contribution in [0, 0.1) is 0 Å². The van der Waals surface area contributed by atoms with Crippen LogP contribution in [-0.2, 0) is 4.84 Å². The van der Waals surface area contributed by atoms with Crippen molar-refractivity contribution in [3.8, 4) is 5.75 Å². The summed E-state index contributed by atoms with van der Waals surface area (Å²) in [4.78, 5) is 5.10. The Morgan fingerprint density at radius 2 is 2.21 bits per heavy atom. The molecule has 4 heteroatoms. The molecule has 0 fully saturated rings. The predicted molar refractivity (Wildman–Crippen MR) is 57.8 cm³/mol. The molecule has 0 bridgehead atoms. The second-order valence-electron chi connectivity index (χ2n) is 3.02. The lowest BCUT2D eigenvalue weighted by molar-refractivity contribution is 0.0471. The lowest BCUT2D eigenvalue weighted by Gasteiger charge is -2.09. The van der Waals surface area contributed by atoms with E-state index >= 15 is 0 Å². The van der Waals surface area contributed by atoms with Crippen molar-refractivity contribution in [3.63, 3.8) is 0 Å². The van der Waals surface area contributed by atoms with Crippen LogP contribution in [0.2, 0.25) is 0 Å². The molecule has 1 aromatic carbocycles. The van der Waals surface area contributed by atoms with Gasteiger partial charge in [-0.25, -0.2) is 0 Å². The number of halogens is 1. The van der Waals surface area contributed by atoms with Gasteiger partial charge < -0.3 is 9.57 Å². The van der Waals surface area contributed by atoms with E-state index in [-0.39, 0.29) is 6.10 Å². The Bertz CT molecular complexity index is 326. The number of ether oxygens (including phenoxy) is 1. The third-order valence-electron chi connectivity index (χ3n) is 1.88. The summed E-state index contributed by atoms with van der Waals surface area (Å²) < 4.78 is 6.37. The highest BCUT2D eigenvalue weighted by Crippen LogP contribution is 2.16. The van der Waals surface area contributed by atoms with E-state index in [4.69, 9.17) is 9.57 Å². The Morgan fingerprint density at radius 1 is 1.43 bits per heavy atom. The first-order chi connectivity index (χ1) is 6.84. The van der Waals surface area contributed by atoms with Gasteiger partial charge in [-0.15, -0.1) is 0 Å². The van der Waals surface area contributed by atoms with Gasteiger partial charge in [-0.1, -0.05) is 23.4 Å². The van der Waals surface area contributed by atoms with Gasteiger partial charge in [0.25, 0.3) is 0 Å². The molecule has 14 heavy (non-hydrogen) atoms. The van der Waals surface area contributed by atoms with Gasteiger partial charge >= 0.3 is 0 Å². The van der Waals surface area contributed by atoms with Crippen LogP contribution in [0.4, 0.5) is 0 Å². The molecule has 3 nitrogen and oxygen atoms in total. The minimum absolute atomic E-state index is 0.0320. The van der Waals surface area contributed by atoms with E-state index in [0.29, 0.717) is 6.61 Å². The van der Waals surface area contributed by atoms with Crippen LogP contribution in [0.1, 0.15) is 6.42 Å². The number of oxime groups is 1. The average molecular weight is 256 g/mol. The molecule has 0 unspecified atom stereocenters. The zero-order chi connectivity index (χ0) is 9.80. The van der Waals surface area contributed by atoms with Crippen molar-refractivity contribution < 1.29 is 9.57 Å². The third kappa shape index (κ3) is 2.48. The average Bonchev–Trinajstić information content (AvgIpc) is 2.63. The lowest BCUT2D eigenvalue weighted by atomic mass is 10.3. The number of nitrogens with zero attached hydrogens (tertiary/aromatic N) is 1. The van der Waals surface area contributed by atoms with Crippen molar-refractivity contribution in [2.75, 3.05) is 6.61 Å². The van der Waals surface area contributed by atoms with Crippen molar-refractivity contribution in [3.05, 3.63) is 30.3 Å². The van der Waals surface area contributed by atoms with Gasteiger partial charge in [-0.05, 0) is 28.1 Å². The zero-order valence-electron chi connectivity index (χ0n) is 7.52. The molecule has 1 aromatic rings. The molecular formula is C10H10BrNO2. The molecule has 0 radical (unpaired) electrons. The molecular weight excluding hydrogens is 246 g/mol.